The largest absolute Gasteiger partial charge is 0.481 e. The van der Waals surface area contributed by atoms with Crippen molar-refractivity contribution in [1.29, 1.82) is 0 Å². The molecule has 5 atom stereocenters. The smallest absolute Gasteiger partial charge is 0.303 e. The van der Waals surface area contributed by atoms with Crippen LogP contribution in [0.15, 0.2) is 47.2 Å². The van der Waals surface area contributed by atoms with Crippen molar-refractivity contribution in [3.05, 3.63) is 47.7 Å². The summed E-state index contributed by atoms with van der Waals surface area (Å²) in [5.74, 6) is -2.55. The Bertz CT molecular complexity index is 1390. The highest BCUT2D eigenvalue weighted by Gasteiger charge is 2.53. The Morgan fingerprint density at radius 3 is 2.17 bits per heavy atom. The molecule has 1 aromatic carbocycles. The standard InChI is InChI=1S/C29H31NO12/c1-14(31)36-13-24-25(37-15(2)32)26(38-16(3)33)27(39-17(4)34)28(41-24)40-19-8-10-21-20(12-19)29(5,6)42-23-11-18(35)7-9-22(23)30-21/h7-12,24-28H,13H2,1-6H3/t24-,25+,26+,27-,28-/m1/s1. The van der Waals surface area contributed by atoms with Crippen molar-refractivity contribution in [2.45, 2.75) is 77.8 Å². The molecule has 1 fully saturated rings. The minimum absolute atomic E-state index is 0.224. The number of rotatable bonds is 7. The van der Waals surface area contributed by atoms with Crippen LogP contribution in [0.2, 0.25) is 0 Å². The third-order valence-corrected chi connectivity index (χ3v) is 6.35. The van der Waals surface area contributed by atoms with Gasteiger partial charge >= 0.3 is 23.9 Å². The highest BCUT2D eigenvalue weighted by molar-refractivity contribution is 6.19. The Labute approximate surface area is 241 Å². The van der Waals surface area contributed by atoms with Crippen molar-refractivity contribution in [3.8, 4) is 5.75 Å². The maximum atomic E-state index is 12.1. The average molecular weight is 586 g/mol. The normalized spacial score (nSPS) is 25.7. The fourth-order valence-corrected chi connectivity index (χ4v) is 4.71. The molecule has 224 valence electrons. The second-order valence-corrected chi connectivity index (χ2v) is 10.2. The van der Waals surface area contributed by atoms with E-state index in [-0.39, 0.29) is 18.1 Å². The van der Waals surface area contributed by atoms with Crippen LogP contribution >= 0.6 is 0 Å². The van der Waals surface area contributed by atoms with Gasteiger partial charge in [-0.1, -0.05) is 0 Å². The van der Waals surface area contributed by atoms with Gasteiger partial charge in [-0.05, 0) is 44.2 Å². The Balaban J connectivity index is 1.72. The van der Waals surface area contributed by atoms with E-state index < -0.39 is 60.2 Å². The molecule has 3 aliphatic rings. The summed E-state index contributed by atoms with van der Waals surface area (Å²) in [7, 11) is 0. The van der Waals surface area contributed by atoms with Crippen LogP contribution in [0, 0.1) is 0 Å². The molecular formula is C29H31NO12. The van der Waals surface area contributed by atoms with Gasteiger partial charge in [0.05, 0.1) is 5.69 Å². The number of fused-ring (bicyclic) bond motifs is 2. The first kappa shape index (κ1) is 30.4. The molecule has 0 amide bonds. The summed E-state index contributed by atoms with van der Waals surface area (Å²) in [5.41, 5.74) is 0.689. The maximum Gasteiger partial charge on any atom is 0.303 e. The summed E-state index contributed by atoms with van der Waals surface area (Å²) in [6.07, 6.45) is -2.31. The lowest BCUT2D eigenvalue weighted by molar-refractivity contribution is -0.288. The van der Waals surface area contributed by atoms with E-state index in [1.807, 2.05) is 0 Å². The number of ketones is 1. The van der Waals surface area contributed by atoms with Crippen LogP contribution < -0.4 is 4.74 Å². The molecule has 0 radical (unpaired) electrons. The summed E-state index contributed by atoms with van der Waals surface area (Å²) in [6.45, 7) is 7.80. The molecule has 0 saturated carbocycles. The lowest BCUT2D eigenvalue weighted by Gasteiger charge is -2.44. The van der Waals surface area contributed by atoms with Crippen molar-refractivity contribution < 1.29 is 57.1 Å². The van der Waals surface area contributed by atoms with Crippen molar-refractivity contribution in [2.75, 3.05) is 6.61 Å². The highest BCUT2D eigenvalue weighted by Crippen LogP contribution is 2.41. The number of benzene rings is 1. The van der Waals surface area contributed by atoms with E-state index in [1.165, 1.54) is 19.1 Å². The number of hydrogen-bond acceptors (Lipinski definition) is 13. The third-order valence-electron chi connectivity index (χ3n) is 6.35. The zero-order chi connectivity index (χ0) is 30.8. The third kappa shape index (κ3) is 7.03. The van der Waals surface area contributed by atoms with Gasteiger partial charge in [0, 0.05) is 39.3 Å². The SMILES string of the molecule is CC(=O)OC[C@H]1O[C@@H](Oc2ccc3c(c2)C(C)(C)OC2=CC(=O)C=CC2=N3)[C@H](OC(C)=O)[C@@H](OC(C)=O)[C@H]1OC(C)=O. The van der Waals surface area contributed by atoms with E-state index in [0.29, 0.717) is 22.7 Å². The molecule has 1 saturated heterocycles. The lowest BCUT2D eigenvalue weighted by Crippen LogP contribution is -2.63. The molecule has 0 bridgehead atoms. The zero-order valence-corrected chi connectivity index (χ0v) is 23.9. The zero-order valence-electron chi connectivity index (χ0n) is 23.9. The van der Waals surface area contributed by atoms with Crippen LogP contribution in [0.5, 0.6) is 5.75 Å². The van der Waals surface area contributed by atoms with Crippen molar-refractivity contribution in [1.82, 2.24) is 0 Å². The van der Waals surface area contributed by atoms with E-state index in [1.54, 1.807) is 38.1 Å². The lowest BCUT2D eigenvalue weighted by atomic mass is 9.95. The molecule has 1 aliphatic carbocycles. The fraction of sp³-hybridized carbons (Fsp3) is 0.448. The van der Waals surface area contributed by atoms with E-state index in [4.69, 9.17) is 33.2 Å². The van der Waals surface area contributed by atoms with Gasteiger partial charge in [0.15, 0.2) is 18.0 Å². The van der Waals surface area contributed by atoms with Gasteiger partial charge in [-0.15, -0.1) is 0 Å². The molecule has 13 nitrogen and oxygen atoms in total. The summed E-state index contributed by atoms with van der Waals surface area (Å²) in [5, 5.41) is 0. The van der Waals surface area contributed by atoms with Gasteiger partial charge in [-0.25, -0.2) is 4.99 Å². The number of esters is 4. The minimum atomic E-state index is -1.41. The molecule has 4 rings (SSSR count). The number of allylic oxidation sites excluding steroid dienone is 3. The molecular weight excluding hydrogens is 554 g/mol. The van der Waals surface area contributed by atoms with Gasteiger partial charge in [0.1, 0.15) is 35.5 Å². The van der Waals surface area contributed by atoms with E-state index in [9.17, 15) is 24.0 Å². The van der Waals surface area contributed by atoms with Gasteiger partial charge < -0.3 is 33.2 Å². The van der Waals surface area contributed by atoms with E-state index >= 15 is 0 Å². The molecule has 2 aliphatic heterocycles. The quantitative estimate of drug-likeness (QED) is 0.261. The van der Waals surface area contributed by atoms with Crippen LogP contribution in [0.1, 0.15) is 47.1 Å². The highest BCUT2D eigenvalue weighted by atomic mass is 16.7. The molecule has 0 spiro atoms. The number of ether oxygens (including phenoxy) is 7. The second-order valence-electron chi connectivity index (χ2n) is 10.2. The van der Waals surface area contributed by atoms with Gasteiger partial charge in [-0.3, -0.25) is 24.0 Å². The maximum absolute atomic E-state index is 12.1. The molecule has 2 heterocycles. The van der Waals surface area contributed by atoms with Crippen molar-refractivity contribution >= 4 is 41.1 Å². The van der Waals surface area contributed by atoms with Crippen LogP contribution in [0.25, 0.3) is 0 Å². The molecule has 0 N–H and O–H groups in total. The Kier molecular flexibility index (Phi) is 8.81. The first-order chi connectivity index (χ1) is 19.7. The molecule has 1 aromatic rings. The van der Waals surface area contributed by atoms with Crippen molar-refractivity contribution in [3.63, 3.8) is 0 Å². The summed E-state index contributed by atoms with van der Waals surface area (Å²) < 4.78 is 39.7. The first-order valence-electron chi connectivity index (χ1n) is 13.1. The number of carbonyl (C=O) groups is 5. The molecule has 0 aromatic heterocycles. The Hall–Kier alpha value is -4.52. The second kappa shape index (κ2) is 12.1. The van der Waals surface area contributed by atoms with Crippen LogP contribution in [-0.2, 0) is 58.0 Å². The summed E-state index contributed by atoms with van der Waals surface area (Å²) in [4.78, 5) is 64.3. The minimum Gasteiger partial charge on any atom is -0.481 e. The van der Waals surface area contributed by atoms with Crippen LogP contribution in [0.4, 0.5) is 5.69 Å². The van der Waals surface area contributed by atoms with Gasteiger partial charge in [0.25, 0.3) is 0 Å². The van der Waals surface area contributed by atoms with Crippen molar-refractivity contribution in [2.24, 2.45) is 4.99 Å². The number of hydrogen-bond donors (Lipinski definition) is 0. The number of nitrogens with zero attached hydrogens (tertiary/aromatic N) is 1. The summed E-state index contributed by atoms with van der Waals surface area (Å²) >= 11 is 0. The van der Waals surface area contributed by atoms with E-state index in [2.05, 4.69) is 4.99 Å². The molecule has 13 heteroatoms. The monoisotopic (exact) mass is 585 g/mol. The Morgan fingerprint density at radius 1 is 0.881 bits per heavy atom. The average Bonchev–Trinajstić information content (AvgIpc) is 2.98. The Morgan fingerprint density at radius 2 is 1.52 bits per heavy atom. The summed E-state index contributed by atoms with van der Waals surface area (Å²) in [6, 6.07) is 4.93. The molecule has 42 heavy (non-hydrogen) atoms. The number of carbonyl (C=O) groups excluding carboxylic acids is 5. The van der Waals surface area contributed by atoms with E-state index in [0.717, 1.165) is 20.8 Å². The predicted octanol–water partition coefficient (Wildman–Crippen LogP) is 2.51. The topological polar surface area (TPSA) is 162 Å². The van der Waals surface area contributed by atoms with Gasteiger partial charge in [0.2, 0.25) is 12.4 Å². The number of aliphatic imine (C=N–C) groups is 1. The van der Waals surface area contributed by atoms with Crippen LogP contribution in [-0.4, -0.2) is 72.7 Å². The fourth-order valence-electron chi connectivity index (χ4n) is 4.71. The predicted molar refractivity (Wildman–Crippen MR) is 142 cm³/mol. The molecule has 0 unspecified atom stereocenters. The van der Waals surface area contributed by atoms with Crippen LogP contribution in [0.3, 0.4) is 0 Å². The first-order valence-corrected chi connectivity index (χ1v) is 13.1. The van der Waals surface area contributed by atoms with Gasteiger partial charge in [-0.2, -0.15) is 0 Å².